The van der Waals surface area contributed by atoms with Gasteiger partial charge in [0.05, 0.1) is 0 Å². The van der Waals surface area contributed by atoms with Crippen LogP contribution >= 0.6 is 0 Å². The molecule has 2 N–H and O–H groups in total. The predicted octanol–water partition coefficient (Wildman–Crippen LogP) is 1.69. The van der Waals surface area contributed by atoms with Gasteiger partial charge in [-0.3, -0.25) is 0 Å². The first-order valence-corrected chi connectivity index (χ1v) is 7.18. The van der Waals surface area contributed by atoms with E-state index in [1.165, 1.54) is 0 Å². The van der Waals surface area contributed by atoms with Crippen molar-refractivity contribution < 1.29 is 14.6 Å². The average molecular weight is 278 g/mol. The lowest BCUT2D eigenvalue weighted by molar-refractivity contribution is 0.168. The number of rotatable bonds is 3. The van der Waals surface area contributed by atoms with Crippen molar-refractivity contribution in [3.8, 4) is 17.2 Å². The van der Waals surface area contributed by atoms with E-state index in [1.807, 2.05) is 6.07 Å². The lowest BCUT2D eigenvalue weighted by Crippen LogP contribution is -2.45. The van der Waals surface area contributed by atoms with Gasteiger partial charge in [0.2, 0.25) is 6.79 Å². The quantitative estimate of drug-likeness (QED) is 0.881. The van der Waals surface area contributed by atoms with E-state index < -0.39 is 0 Å². The fourth-order valence-corrected chi connectivity index (χ4v) is 2.84. The van der Waals surface area contributed by atoms with E-state index in [4.69, 9.17) is 9.47 Å². The van der Waals surface area contributed by atoms with E-state index in [1.54, 1.807) is 6.07 Å². The van der Waals surface area contributed by atoms with Crippen molar-refractivity contribution in [3.05, 3.63) is 17.7 Å². The summed E-state index contributed by atoms with van der Waals surface area (Å²) in [6.07, 6.45) is 2.29. The first-order valence-electron chi connectivity index (χ1n) is 7.18. The Balaban J connectivity index is 1.61. The average Bonchev–Trinajstić information content (AvgIpc) is 2.87. The lowest BCUT2D eigenvalue weighted by Gasteiger charge is -2.35. The van der Waals surface area contributed by atoms with Crippen LogP contribution in [-0.4, -0.2) is 42.5 Å². The Kier molecular flexibility index (Phi) is 3.72. The summed E-state index contributed by atoms with van der Waals surface area (Å²) in [5.74, 6) is 1.61. The van der Waals surface area contributed by atoms with Gasteiger partial charge in [0.25, 0.3) is 0 Å². The molecular formula is C15H22N2O3. The number of phenolic OH excluding ortho intramolecular Hbond substituents is 1. The van der Waals surface area contributed by atoms with Gasteiger partial charge in [0.15, 0.2) is 11.5 Å². The molecule has 2 heterocycles. The molecule has 20 heavy (non-hydrogen) atoms. The van der Waals surface area contributed by atoms with Crippen molar-refractivity contribution in [2.24, 2.45) is 0 Å². The van der Waals surface area contributed by atoms with Gasteiger partial charge in [-0.15, -0.1) is 0 Å². The highest BCUT2D eigenvalue weighted by Gasteiger charge is 2.23. The second kappa shape index (κ2) is 5.50. The number of benzene rings is 1. The van der Waals surface area contributed by atoms with Crippen LogP contribution in [0.5, 0.6) is 17.2 Å². The maximum Gasteiger partial charge on any atom is 0.231 e. The fraction of sp³-hybridized carbons (Fsp3) is 0.600. The van der Waals surface area contributed by atoms with Crippen LogP contribution < -0.4 is 14.8 Å². The van der Waals surface area contributed by atoms with Gasteiger partial charge in [-0.2, -0.15) is 0 Å². The molecular weight excluding hydrogens is 256 g/mol. The highest BCUT2D eigenvalue weighted by Crippen LogP contribution is 2.37. The summed E-state index contributed by atoms with van der Waals surface area (Å²) in [6.45, 7) is 4.26. The van der Waals surface area contributed by atoms with Crippen LogP contribution in [0.4, 0.5) is 0 Å². The minimum absolute atomic E-state index is 0.234. The van der Waals surface area contributed by atoms with Crippen LogP contribution in [0, 0.1) is 0 Å². The molecule has 0 saturated carbocycles. The number of phenols is 1. The zero-order valence-corrected chi connectivity index (χ0v) is 12.1. The van der Waals surface area contributed by atoms with E-state index in [2.05, 4.69) is 24.2 Å². The molecule has 3 rings (SSSR count). The van der Waals surface area contributed by atoms with Crippen LogP contribution in [0.15, 0.2) is 12.1 Å². The second-order valence-electron chi connectivity index (χ2n) is 5.77. The zero-order chi connectivity index (χ0) is 14.1. The SMILES string of the molecule is CC1CC(NCc2cc3c(cc2O)OCO3)CCN1C. The number of nitrogens with one attached hydrogen (secondary N) is 1. The third-order valence-electron chi connectivity index (χ3n) is 4.36. The van der Waals surface area contributed by atoms with Crippen molar-refractivity contribution in [2.75, 3.05) is 20.4 Å². The number of fused-ring (bicyclic) bond motifs is 1. The summed E-state index contributed by atoms with van der Waals surface area (Å²) in [5.41, 5.74) is 0.862. The van der Waals surface area contributed by atoms with Gasteiger partial charge in [-0.05, 0) is 39.4 Å². The Morgan fingerprint density at radius 3 is 2.85 bits per heavy atom. The van der Waals surface area contributed by atoms with Crippen LogP contribution in [0.1, 0.15) is 25.3 Å². The molecule has 0 aliphatic carbocycles. The Bertz CT molecular complexity index is 492. The minimum atomic E-state index is 0.234. The van der Waals surface area contributed by atoms with Crippen LogP contribution in [0.25, 0.3) is 0 Å². The third kappa shape index (κ3) is 2.69. The second-order valence-corrected chi connectivity index (χ2v) is 5.77. The summed E-state index contributed by atoms with van der Waals surface area (Å²) in [6, 6.07) is 4.61. The number of likely N-dealkylation sites (tertiary alicyclic amines) is 1. The molecule has 1 aromatic carbocycles. The normalized spacial score (nSPS) is 25.9. The molecule has 5 heteroatoms. The molecule has 0 spiro atoms. The largest absolute Gasteiger partial charge is 0.507 e. The molecule has 1 saturated heterocycles. The first kappa shape index (κ1) is 13.5. The standard InChI is InChI=1S/C15H22N2O3/c1-10-5-12(3-4-17(10)2)16-8-11-6-14-15(7-13(11)18)20-9-19-14/h6-7,10,12,16,18H,3-5,8-9H2,1-2H3. The van der Waals surface area contributed by atoms with Crippen molar-refractivity contribution in [2.45, 2.75) is 38.4 Å². The summed E-state index contributed by atoms with van der Waals surface area (Å²) < 4.78 is 10.6. The fourth-order valence-electron chi connectivity index (χ4n) is 2.84. The Labute approximate surface area is 119 Å². The summed E-state index contributed by atoms with van der Waals surface area (Å²) in [5, 5.41) is 13.6. The van der Waals surface area contributed by atoms with Gasteiger partial charge in [0.1, 0.15) is 5.75 Å². The molecule has 2 aliphatic rings. The van der Waals surface area contributed by atoms with Crippen LogP contribution in [0.2, 0.25) is 0 Å². The van der Waals surface area contributed by atoms with Crippen LogP contribution in [0.3, 0.4) is 0 Å². The molecule has 0 radical (unpaired) electrons. The summed E-state index contributed by atoms with van der Waals surface area (Å²) >= 11 is 0. The maximum atomic E-state index is 10.0. The molecule has 0 amide bonds. The number of piperidine rings is 1. The smallest absolute Gasteiger partial charge is 0.231 e. The molecule has 0 aromatic heterocycles. The van der Waals surface area contributed by atoms with Crippen molar-refractivity contribution in [1.82, 2.24) is 10.2 Å². The van der Waals surface area contributed by atoms with Gasteiger partial charge < -0.3 is 24.8 Å². The van der Waals surface area contributed by atoms with E-state index >= 15 is 0 Å². The van der Waals surface area contributed by atoms with E-state index in [-0.39, 0.29) is 12.5 Å². The van der Waals surface area contributed by atoms with E-state index in [9.17, 15) is 5.11 Å². The number of nitrogens with zero attached hydrogens (tertiary/aromatic N) is 1. The van der Waals surface area contributed by atoms with Gasteiger partial charge in [-0.1, -0.05) is 0 Å². The van der Waals surface area contributed by atoms with Crippen molar-refractivity contribution >= 4 is 0 Å². The highest BCUT2D eigenvalue weighted by molar-refractivity contribution is 5.51. The minimum Gasteiger partial charge on any atom is -0.507 e. The Morgan fingerprint density at radius 2 is 2.10 bits per heavy atom. The van der Waals surface area contributed by atoms with Gasteiger partial charge in [-0.25, -0.2) is 0 Å². The van der Waals surface area contributed by atoms with Gasteiger partial charge in [0, 0.05) is 30.3 Å². The first-order chi connectivity index (χ1) is 9.63. The molecule has 1 aromatic rings. The maximum absolute atomic E-state index is 10.0. The van der Waals surface area contributed by atoms with Crippen LogP contribution in [-0.2, 0) is 6.54 Å². The topological polar surface area (TPSA) is 54.0 Å². The zero-order valence-electron chi connectivity index (χ0n) is 12.1. The predicted molar refractivity (Wildman–Crippen MR) is 76.2 cm³/mol. The number of hydrogen-bond acceptors (Lipinski definition) is 5. The van der Waals surface area contributed by atoms with E-state index in [0.717, 1.165) is 30.7 Å². The summed E-state index contributed by atoms with van der Waals surface area (Å²) in [4.78, 5) is 2.39. The molecule has 2 atom stereocenters. The molecule has 2 aliphatic heterocycles. The highest BCUT2D eigenvalue weighted by atomic mass is 16.7. The molecule has 5 nitrogen and oxygen atoms in total. The molecule has 110 valence electrons. The Morgan fingerprint density at radius 1 is 1.35 bits per heavy atom. The molecule has 1 fully saturated rings. The summed E-state index contributed by atoms with van der Waals surface area (Å²) in [7, 11) is 2.17. The number of hydrogen-bond donors (Lipinski definition) is 2. The monoisotopic (exact) mass is 278 g/mol. The molecule has 0 bridgehead atoms. The molecule has 2 unspecified atom stereocenters. The van der Waals surface area contributed by atoms with E-state index in [0.29, 0.717) is 24.4 Å². The van der Waals surface area contributed by atoms with Crippen molar-refractivity contribution in [1.29, 1.82) is 0 Å². The third-order valence-corrected chi connectivity index (χ3v) is 4.36. The number of ether oxygens (including phenoxy) is 2. The van der Waals surface area contributed by atoms with Gasteiger partial charge >= 0.3 is 0 Å². The number of aromatic hydroxyl groups is 1. The Hall–Kier alpha value is -1.46. The lowest BCUT2D eigenvalue weighted by atomic mass is 9.98. The van der Waals surface area contributed by atoms with Crippen molar-refractivity contribution in [3.63, 3.8) is 0 Å².